The van der Waals surface area contributed by atoms with E-state index in [1.54, 1.807) is 0 Å². The number of likely N-dealkylation sites (tertiary alicyclic amines) is 1. The molecule has 0 amide bonds. The highest BCUT2D eigenvalue weighted by molar-refractivity contribution is 5.79. The van der Waals surface area contributed by atoms with Gasteiger partial charge < -0.3 is 20.1 Å². The molecule has 156 valence electrons. The van der Waals surface area contributed by atoms with E-state index in [4.69, 9.17) is 9.47 Å². The number of ether oxygens (including phenoxy) is 2. The molecule has 28 heavy (non-hydrogen) atoms. The molecule has 0 spiro atoms. The smallest absolute Gasteiger partial charge is 0.191 e. The van der Waals surface area contributed by atoms with Gasteiger partial charge in [0.05, 0.1) is 12.7 Å². The van der Waals surface area contributed by atoms with Gasteiger partial charge >= 0.3 is 0 Å². The van der Waals surface area contributed by atoms with Crippen molar-refractivity contribution < 1.29 is 9.47 Å². The molecule has 2 aliphatic heterocycles. The largest absolute Gasteiger partial charge is 0.379 e. The number of rotatable bonds is 10. The highest BCUT2D eigenvalue weighted by Gasteiger charge is 2.24. The van der Waals surface area contributed by atoms with E-state index >= 15 is 0 Å². The summed E-state index contributed by atoms with van der Waals surface area (Å²) in [6.45, 7) is 6.38. The van der Waals surface area contributed by atoms with E-state index in [1.165, 1.54) is 31.4 Å². The molecule has 0 radical (unpaired) electrons. The SMILES string of the molecule is CN=C(NCCCOCC1CCCO1)NCC1CCCN1Cc1ccccc1. The predicted octanol–water partition coefficient (Wildman–Crippen LogP) is 2.40. The van der Waals surface area contributed by atoms with Crippen LogP contribution >= 0.6 is 0 Å². The Morgan fingerprint density at radius 2 is 2.11 bits per heavy atom. The number of nitrogens with one attached hydrogen (secondary N) is 2. The highest BCUT2D eigenvalue weighted by Crippen LogP contribution is 2.19. The molecular formula is C22H36N4O2. The van der Waals surface area contributed by atoms with Crippen LogP contribution in [0.5, 0.6) is 0 Å². The highest BCUT2D eigenvalue weighted by atomic mass is 16.5. The molecule has 6 heteroatoms. The van der Waals surface area contributed by atoms with Crippen molar-refractivity contribution in [1.29, 1.82) is 0 Å². The summed E-state index contributed by atoms with van der Waals surface area (Å²) in [5.74, 6) is 0.880. The van der Waals surface area contributed by atoms with Crippen LogP contribution in [0.3, 0.4) is 0 Å². The molecule has 1 aromatic carbocycles. The van der Waals surface area contributed by atoms with Crippen LogP contribution in [-0.4, -0.2) is 69.5 Å². The van der Waals surface area contributed by atoms with Gasteiger partial charge in [0.2, 0.25) is 0 Å². The molecule has 0 bridgehead atoms. The van der Waals surface area contributed by atoms with E-state index < -0.39 is 0 Å². The maximum absolute atomic E-state index is 5.71. The minimum absolute atomic E-state index is 0.313. The summed E-state index contributed by atoms with van der Waals surface area (Å²) in [6.07, 6.45) is 6.10. The van der Waals surface area contributed by atoms with Crippen molar-refractivity contribution in [3.63, 3.8) is 0 Å². The van der Waals surface area contributed by atoms with Crippen molar-refractivity contribution >= 4 is 5.96 Å². The minimum atomic E-state index is 0.313. The number of aliphatic imine (C=N–C) groups is 1. The first-order valence-electron chi connectivity index (χ1n) is 10.8. The van der Waals surface area contributed by atoms with E-state index in [9.17, 15) is 0 Å². The van der Waals surface area contributed by atoms with Crippen LogP contribution in [0.1, 0.15) is 37.7 Å². The molecule has 2 fully saturated rings. The standard InChI is InChI=1S/C22H36N4O2/c1-23-22(24-12-7-14-27-18-21-11-6-15-28-21)25-16-20-10-5-13-26(20)17-19-8-3-2-4-9-19/h2-4,8-9,20-21H,5-7,10-18H2,1H3,(H2,23,24,25). The van der Waals surface area contributed by atoms with Crippen LogP contribution in [0.2, 0.25) is 0 Å². The van der Waals surface area contributed by atoms with E-state index in [-0.39, 0.29) is 0 Å². The van der Waals surface area contributed by atoms with E-state index in [0.717, 1.165) is 58.3 Å². The van der Waals surface area contributed by atoms with Crippen molar-refractivity contribution in [3.05, 3.63) is 35.9 Å². The van der Waals surface area contributed by atoms with Gasteiger partial charge in [-0.25, -0.2) is 0 Å². The molecule has 2 aliphatic rings. The number of benzene rings is 1. The Labute approximate surface area is 169 Å². The molecule has 2 N–H and O–H groups in total. The normalized spacial score (nSPS) is 23.2. The molecular weight excluding hydrogens is 352 g/mol. The number of nitrogens with zero attached hydrogens (tertiary/aromatic N) is 2. The van der Waals surface area contributed by atoms with Gasteiger partial charge in [0, 0.05) is 45.9 Å². The maximum Gasteiger partial charge on any atom is 0.191 e. The summed E-state index contributed by atoms with van der Waals surface area (Å²) in [5.41, 5.74) is 1.39. The van der Waals surface area contributed by atoms with Crippen LogP contribution in [0, 0.1) is 0 Å². The summed E-state index contributed by atoms with van der Waals surface area (Å²) in [7, 11) is 1.83. The van der Waals surface area contributed by atoms with Gasteiger partial charge in [0.25, 0.3) is 0 Å². The maximum atomic E-state index is 5.71. The minimum Gasteiger partial charge on any atom is -0.379 e. The number of hydrogen-bond acceptors (Lipinski definition) is 4. The van der Waals surface area contributed by atoms with Gasteiger partial charge in [-0.1, -0.05) is 30.3 Å². The fourth-order valence-electron chi connectivity index (χ4n) is 3.96. The summed E-state index contributed by atoms with van der Waals surface area (Å²) in [6, 6.07) is 11.3. The van der Waals surface area contributed by atoms with Gasteiger partial charge in [-0.15, -0.1) is 0 Å². The molecule has 6 nitrogen and oxygen atoms in total. The second kappa shape index (κ2) is 12.0. The molecule has 0 saturated carbocycles. The molecule has 1 aromatic rings. The average molecular weight is 389 g/mol. The summed E-state index contributed by atoms with van der Waals surface area (Å²) in [5, 5.41) is 6.89. The van der Waals surface area contributed by atoms with Crippen LogP contribution in [-0.2, 0) is 16.0 Å². The summed E-state index contributed by atoms with van der Waals surface area (Å²) in [4.78, 5) is 6.93. The Kier molecular flexibility index (Phi) is 9.07. The third-order valence-corrected chi connectivity index (χ3v) is 5.54. The quantitative estimate of drug-likeness (QED) is 0.366. The van der Waals surface area contributed by atoms with Crippen molar-refractivity contribution in [3.8, 4) is 0 Å². The fourth-order valence-corrected chi connectivity index (χ4v) is 3.96. The average Bonchev–Trinajstić information content (AvgIpc) is 3.40. The Morgan fingerprint density at radius 3 is 2.89 bits per heavy atom. The zero-order chi connectivity index (χ0) is 19.4. The van der Waals surface area contributed by atoms with Crippen LogP contribution in [0.15, 0.2) is 35.3 Å². The Morgan fingerprint density at radius 1 is 1.21 bits per heavy atom. The Balaban J connectivity index is 1.28. The summed E-state index contributed by atoms with van der Waals surface area (Å²) >= 11 is 0. The van der Waals surface area contributed by atoms with Crippen molar-refractivity contribution in [2.24, 2.45) is 4.99 Å². The van der Waals surface area contributed by atoms with Gasteiger partial charge in [-0.2, -0.15) is 0 Å². The number of hydrogen-bond donors (Lipinski definition) is 2. The monoisotopic (exact) mass is 388 g/mol. The first-order chi connectivity index (χ1) is 13.8. The molecule has 2 saturated heterocycles. The lowest BCUT2D eigenvalue weighted by Crippen LogP contribution is -2.45. The predicted molar refractivity (Wildman–Crippen MR) is 114 cm³/mol. The van der Waals surface area contributed by atoms with E-state index in [0.29, 0.717) is 12.1 Å². The van der Waals surface area contributed by atoms with Crippen molar-refractivity contribution in [2.75, 3.05) is 46.5 Å². The molecule has 0 aromatic heterocycles. The zero-order valence-electron chi connectivity index (χ0n) is 17.2. The Bertz CT molecular complexity index is 575. The Hall–Kier alpha value is -1.63. The third-order valence-electron chi connectivity index (χ3n) is 5.54. The third kappa shape index (κ3) is 7.08. The topological polar surface area (TPSA) is 58.1 Å². The lowest BCUT2D eigenvalue weighted by Gasteiger charge is -2.25. The summed E-state index contributed by atoms with van der Waals surface area (Å²) < 4.78 is 11.3. The van der Waals surface area contributed by atoms with Crippen LogP contribution < -0.4 is 10.6 Å². The van der Waals surface area contributed by atoms with Gasteiger partial charge in [0.15, 0.2) is 5.96 Å². The molecule has 3 rings (SSSR count). The van der Waals surface area contributed by atoms with Gasteiger partial charge in [0.1, 0.15) is 0 Å². The molecule has 2 heterocycles. The molecule has 2 atom stereocenters. The van der Waals surface area contributed by atoms with Crippen LogP contribution in [0.25, 0.3) is 0 Å². The number of guanidine groups is 1. The fraction of sp³-hybridized carbons (Fsp3) is 0.682. The van der Waals surface area contributed by atoms with Crippen molar-refractivity contribution in [2.45, 2.75) is 50.8 Å². The van der Waals surface area contributed by atoms with Gasteiger partial charge in [-0.05, 0) is 44.2 Å². The zero-order valence-corrected chi connectivity index (χ0v) is 17.2. The second-order valence-corrected chi connectivity index (χ2v) is 7.70. The van der Waals surface area contributed by atoms with E-state index in [2.05, 4.69) is 50.9 Å². The first kappa shape index (κ1) is 21.1. The lowest BCUT2D eigenvalue weighted by atomic mass is 10.2. The van der Waals surface area contributed by atoms with Gasteiger partial charge in [-0.3, -0.25) is 9.89 Å². The second-order valence-electron chi connectivity index (χ2n) is 7.70. The van der Waals surface area contributed by atoms with E-state index in [1.807, 2.05) is 7.05 Å². The van der Waals surface area contributed by atoms with Crippen molar-refractivity contribution in [1.82, 2.24) is 15.5 Å². The molecule has 2 unspecified atom stereocenters. The molecule has 0 aliphatic carbocycles. The van der Waals surface area contributed by atoms with Crippen LogP contribution in [0.4, 0.5) is 0 Å². The first-order valence-corrected chi connectivity index (χ1v) is 10.8. The lowest BCUT2D eigenvalue weighted by molar-refractivity contribution is 0.0168.